The van der Waals surface area contributed by atoms with E-state index in [9.17, 15) is 4.79 Å². The molecular formula is C33H48ClN5O2. The molecule has 0 aliphatic carbocycles. The average molecular weight is 582 g/mol. The van der Waals surface area contributed by atoms with E-state index >= 15 is 0 Å². The summed E-state index contributed by atoms with van der Waals surface area (Å²) in [6.07, 6.45) is 12.4. The summed E-state index contributed by atoms with van der Waals surface area (Å²) >= 11 is 5.78. The highest BCUT2D eigenvalue weighted by Crippen LogP contribution is 2.32. The second-order valence-corrected chi connectivity index (χ2v) is 11.4. The lowest BCUT2D eigenvalue weighted by atomic mass is 9.95. The van der Waals surface area contributed by atoms with Gasteiger partial charge < -0.3 is 14.5 Å². The summed E-state index contributed by atoms with van der Waals surface area (Å²) in [4.78, 5) is 30.3. The molecule has 1 unspecified atom stereocenters. The molecule has 2 aromatic rings. The first-order valence-electron chi connectivity index (χ1n) is 14.6. The average Bonchev–Trinajstić information content (AvgIpc) is 2.93. The Balaban J connectivity index is 0.000000493. The molecule has 1 fully saturated rings. The van der Waals surface area contributed by atoms with Crippen LogP contribution < -0.4 is 4.90 Å². The van der Waals surface area contributed by atoms with Crippen molar-refractivity contribution < 1.29 is 9.53 Å². The van der Waals surface area contributed by atoms with Crippen LogP contribution in [0.3, 0.4) is 0 Å². The summed E-state index contributed by atoms with van der Waals surface area (Å²) in [7, 11) is 0. The first-order chi connectivity index (χ1) is 19.5. The Kier molecular flexibility index (Phi) is 14.0. The van der Waals surface area contributed by atoms with Crippen molar-refractivity contribution in [3.63, 3.8) is 0 Å². The number of nitrogens with zero attached hydrogens (tertiary/aromatic N) is 5. The molecule has 224 valence electrons. The number of benzene rings is 1. The van der Waals surface area contributed by atoms with Gasteiger partial charge in [0.2, 0.25) is 0 Å². The minimum atomic E-state index is -0.491. The lowest BCUT2D eigenvalue weighted by Gasteiger charge is -2.37. The summed E-state index contributed by atoms with van der Waals surface area (Å²) in [5.41, 5.74) is 3.95. The van der Waals surface area contributed by atoms with E-state index in [1.807, 2.05) is 78.1 Å². The molecule has 0 radical (unpaired) electrons. The van der Waals surface area contributed by atoms with E-state index in [4.69, 9.17) is 21.3 Å². The number of halogens is 1. The number of anilines is 1. The van der Waals surface area contributed by atoms with Crippen molar-refractivity contribution >= 4 is 35.3 Å². The van der Waals surface area contributed by atoms with Crippen molar-refractivity contribution in [2.24, 2.45) is 4.99 Å². The van der Waals surface area contributed by atoms with Crippen molar-refractivity contribution in [2.45, 2.75) is 86.3 Å². The van der Waals surface area contributed by atoms with Gasteiger partial charge in [0, 0.05) is 43.0 Å². The van der Waals surface area contributed by atoms with Crippen LogP contribution in [-0.2, 0) is 11.2 Å². The molecule has 1 aromatic carbocycles. The first-order valence-corrected chi connectivity index (χ1v) is 15.0. The number of ether oxygens (including phenoxy) is 1. The molecule has 1 amide bonds. The highest BCUT2D eigenvalue weighted by molar-refractivity contribution is 6.30. The van der Waals surface area contributed by atoms with Gasteiger partial charge in [0.25, 0.3) is 0 Å². The van der Waals surface area contributed by atoms with Crippen molar-refractivity contribution in [3.8, 4) is 0 Å². The predicted octanol–water partition coefficient (Wildman–Crippen LogP) is 7.96. The van der Waals surface area contributed by atoms with Crippen LogP contribution in [0.5, 0.6) is 0 Å². The third-order valence-electron chi connectivity index (χ3n) is 6.57. The number of rotatable bonds is 8. The monoisotopic (exact) mass is 581 g/mol. The summed E-state index contributed by atoms with van der Waals surface area (Å²) in [5.74, 6) is 0.907. The molecule has 41 heavy (non-hydrogen) atoms. The van der Waals surface area contributed by atoms with Gasteiger partial charge in [-0.2, -0.15) is 0 Å². The topological polar surface area (TPSA) is 70.9 Å². The Labute approximate surface area is 252 Å². The fourth-order valence-electron chi connectivity index (χ4n) is 4.60. The molecule has 7 nitrogen and oxygen atoms in total. The van der Waals surface area contributed by atoms with Gasteiger partial charge in [-0.05, 0) is 83.7 Å². The van der Waals surface area contributed by atoms with E-state index in [2.05, 4.69) is 40.9 Å². The van der Waals surface area contributed by atoms with Crippen LogP contribution in [0, 0.1) is 6.92 Å². The van der Waals surface area contributed by atoms with Crippen LogP contribution in [0.4, 0.5) is 10.6 Å². The molecule has 1 aliphatic rings. The summed E-state index contributed by atoms with van der Waals surface area (Å²) in [5, 5.41) is 0.839. The number of aryl methyl sites for hydroxylation is 2. The van der Waals surface area contributed by atoms with Crippen LogP contribution in [0.15, 0.2) is 53.8 Å². The number of aliphatic imine (C=N–C) groups is 1. The third-order valence-corrected chi connectivity index (χ3v) is 6.80. The number of hydrogen-bond acceptors (Lipinski definition) is 6. The van der Waals surface area contributed by atoms with E-state index in [1.165, 1.54) is 12.0 Å². The van der Waals surface area contributed by atoms with Crippen LogP contribution in [-0.4, -0.2) is 65.0 Å². The van der Waals surface area contributed by atoms with Crippen molar-refractivity contribution in [1.82, 2.24) is 14.9 Å². The van der Waals surface area contributed by atoms with Gasteiger partial charge in [0.05, 0.1) is 11.7 Å². The number of carbonyl (C=O) groups excluding carboxylic acids is 1. The van der Waals surface area contributed by atoms with Gasteiger partial charge in [-0.1, -0.05) is 56.2 Å². The smallest absolute Gasteiger partial charge is 0.410 e. The maximum atomic E-state index is 12.4. The summed E-state index contributed by atoms with van der Waals surface area (Å²) in [6, 6.07) is 8.06. The van der Waals surface area contributed by atoms with Gasteiger partial charge >= 0.3 is 6.09 Å². The van der Waals surface area contributed by atoms with Gasteiger partial charge in [-0.3, -0.25) is 4.99 Å². The van der Waals surface area contributed by atoms with Crippen LogP contribution in [0.25, 0.3) is 5.57 Å². The standard InChI is InChI=1S/C24H37N5O2.C9H11Cl/c1-8-11-12-25-20(10-3)19(9-2)21-18(4)26-17-27-22(21)28-13-15-29(16-14-28)23(30)31-24(5,6)7;1-2-4-8-5-3-6-9(10)7-8/h8-9,11-12,17,20H,10,13-16H2,1-7H3;3,5-7H,2,4H2,1H3/b11-8-,19-9-,25-12?;. The Bertz CT molecular complexity index is 1190. The Hall–Kier alpha value is -3.19. The number of carbonyl (C=O) groups is 1. The largest absolute Gasteiger partial charge is 0.444 e. The number of amides is 1. The number of piperazine rings is 1. The van der Waals surface area contributed by atoms with E-state index < -0.39 is 5.60 Å². The molecule has 3 rings (SSSR count). The molecule has 0 bridgehead atoms. The lowest BCUT2D eigenvalue weighted by Crippen LogP contribution is -2.50. The summed E-state index contributed by atoms with van der Waals surface area (Å²) < 4.78 is 5.52. The number of allylic oxidation sites excluding steroid dienone is 3. The predicted molar refractivity (Wildman–Crippen MR) is 173 cm³/mol. The van der Waals surface area contributed by atoms with E-state index in [-0.39, 0.29) is 12.1 Å². The highest BCUT2D eigenvalue weighted by atomic mass is 35.5. The van der Waals surface area contributed by atoms with Crippen molar-refractivity contribution in [3.05, 3.63) is 70.7 Å². The molecular weight excluding hydrogens is 534 g/mol. The third kappa shape index (κ3) is 11.0. The normalized spacial score (nSPS) is 15.2. The highest BCUT2D eigenvalue weighted by Gasteiger charge is 2.29. The van der Waals surface area contributed by atoms with Crippen molar-refractivity contribution in [2.75, 3.05) is 31.1 Å². The fraction of sp³-hybridized carbons (Fsp3) is 0.515. The van der Waals surface area contributed by atoms with Gasteiger partial charge in [0.15, 0.2) is 0 Å². The second-order valence-electron chi connectivity index (χ2n) is 11.0. The zero-order valence-corrected chi connectivity index (χ0v) is 26.9. The quantitative estimate of drug-likeness (QED) is 0.296. The zero-order chi connectivity index (χ0) is 30.4. The van der Waals surface area contributed by atoms with Gasteiger partial charge in [-0.25, -0.2) is 14.8 Å². The number of hydrogen-bond donors (Lipinski definition) is 0. The summed E-state index contributed by atoms with van der Waals surface area (Å²) in [6.45, 7) is 18.6. The SMILES string of the molecule is C/C=C\C=NC(CC)/C(=C/C)c1c(C)ncnc1N1CCN(C(=O)OC(C)(C)C)CC1.CCCc1cccc(Cl)c1. The van der Waals surface area contributed by atoms with Crippen LogP contribution >= 0.6 is 11.6 Å². The second kappa shape index (κ2) is 16.9. The Morgan fingerprint density at radius 2 is 1.85 bits per heavy atom. The zero-order valence-electron chi connectivity index (χ0n) is 26.2. The Morgan fingerprint density at radius 3 is 2.41 bits per heavy atom. The molecule has 1 saturated heterocycles. The lowest BCUT2D eigenvalue weighted by molar-refractivity contribution is 0.0240. The molecule has 1 atom stereocenters. The van der Waals surface area contributed by atoms with Crippen molar-refractivity contribution in [1.29, 1.82) is 0 Å². The maximum Gasteiger partial charge on any atom is 0.410 e. The molecule has 0 spiro atoms. The Morgan fingerprint density at radius 1 is 1.15 bits per heavy atom. The first kappa shape index (κ1) is 34.0. The molecule has 0 N–H and O–H groups in total. The van der Waals surface area contributed by atoms with Gasteiger partial charge in [-0.15, -0.1) is 0 Å². The van der Waals surface area contributed by atoms with E-state index in [1.54, 1.807) is 11.2 Å². The van der Waals surface area contributed by atoms with E-state index in [0.29, 0.717) is 26.2 Å². The minimum Gasteiger partial charge on any atom is -0.444 e. The molecule has 0 saturated carbocycles. The van der Waals surface area contributed by atoms with Gasteiger partial charge in [0.1, 0.15) is 17.7 Å². The van der Waals surface area contributed by atoms with Crippen LogP contribution in [0.1, 0.15) is 78.1 Å². The van der Waals surface area contributed by atoms with E-state index in [0.717, 1.165) is 40.5 Å². The maximum absolute atomic E-state index is 12.4. The van der Waals surface area contributed by atoms with Crippen LogP contribution in [0.2, 0.25) is 5.02 Å². The fourth-order valence-corrected chi connectivity index (χ4v) is 4.81. The molecule has 2 heterocycles. The molecule has 1 aliphatic heterocycles. The number of aromatic nitrogens is 2. The minimum absolute atomic E-state index is 0.0349. The molecule has 8 heteroatoms. The molecule has 1 aromatic heterocycles.